The maximum Gasteiger partial charge on any atom is 0.355 e. The Kier molecular flexibility index (Phi) is 9.16. The van der Waals surface area contributed by atoms with Crippen molar-refractivity contribution >= 4 is 23.5 Å². The number of anilines is 1. The number of rotatable bonds is 8. The molecular weight excluding hydrogens is 514 g/mol. The minimum Gasteiger partial charge on any atom is -0.466 e. The number of hydrogen-bond donors (Lipinski definition) is 2. The first-order valence-corrected chi connectivity index (χ1v) is 12.8. The van der Waals surface area contributed by atoms with E-state index in [1.54, 1.807) is 54.6 Å². The van der Waals surface area contributed by atoms with Gasteiger partial charge in [-0.3, -0.25) is 14.6 Å². The lowest BCUT2D eigenvalue weighted by Crippen LogP contribution is -2.43. The summed E-state index contributed by atoms with van der Waals surface area (Å²) >= 11 is 0. The van der Waals surface area contributed by atoms with Gasteiger partial charge in [-0.15, -0.1) is 0 Å². The minimum absolute atomic E-state index is 0.0155. The zero-order valence-corrected chi connectivity index (χ0v) is 22.4. The van der Waals surface area contributed by atoms with Gasteiger partial charge < -0.3 is 25.3 Å². The van der Waals surface area contributed by atoms with Crippen LogP contribution in [0.4, 0.5) is 5.69 Å². The molecule has 0 spiro atoms. The standard InChI is InChI=1S/C29H31N5O6/c1-38-28(36)24-23(19-8-4-3-5-9-19)21(18-30)26(31)34(25(24)29(37)39-2)22-11-7-6-10-20(22)27(35)32-12-13-33-14-16-40-17-15-33/h3-11,23H,12-17,31H2,1-2H3,(H,32,35). The summed E-state index contributed by atoms with van der Waals surface area (Å²) in [6, 6.07) is 17.3. The Morgan fingerprint density at radius 1 is 1.02 bits per heavy atom. The minimum atomic E-state index is -1.00. The van der Waals surface area contributed by atoms with E-state index >= 15 is 0 Å². The van der Waals surface area contributed by atoms with Crippen LogP contribution >= 0.6 is 0 Å². The Hall–Kier alpha value is -4.66. The first-order chi connectivity index (χ1) is 19.4. The molecule has 2 aromatic carbocycles. The van der Waals surface area contributed by atoms with Crippen molar-refractivity contribution in [1.29, 1.82) is 5.26 Å². The Bertz CT molecular complexity index is 1370. The smallest absolute Gasteiger partial charge is 0.355 e. The monoisotopic (exact) mass is 545 g/mol. The second-order valence-electron chi connectivity index (χ2n) is 9.06. The summed E-state index contributed by atoms with van der Waals surface area (Å²) in [6.45, 7) is 3.88. The molecule has 1 saturated heterocycles. The molecular formula is C29H31N5O6. The zero-order chi connectivity index (χ0) is 28.6. The molecule has 1 fully saturated rings. The fraction of sp³-hybridized carbons (Fsp3) is 0.310. The fourth-order valence-electron chi connectivity index (χ4n) is 4.87. The lowest BCUT2D eigenvalue weighted by atomic mass is 9.80. The average Bonchev–Trinajstić information content (AvgIpc) is 3.00. The number of methoxy groups -OCH3 is 2. The predicted octanol–water partition coefficient (Wildman–Crippen LogP) is 1.65. The molecule has 0 saturated carbocycles. The van der Waals surface area contributed by atoms with Crippen LogP contribution in [0.3, 0.4) is 0 Å². The van der Waals surface area contributed by atoms with Gasteiger partial charge in [0.2, 0.25) is 0 Å². The highest BCUT2D eigenvalue weighted by molar-refractivity contribution is 6.08. The first kappa shape index (κ1) is 28.4. The van der Waals surface area contributed by atoms with Crippen LogP contribution in [0.2, 0.25) is 0 Å². The predicted molar refractivity (Wildman–Crippen MR) is 146 cm³/mol. The summed E-state index contributed by atoms with van der Waals surface area (Å²) in [6.07, 6.45) is 0. The summed E-state index contributed by atoms with van der Waals surface area (Å²) in [7, 11) is 2.35. The fourth-order valence-corrected chi connectivity index (χ4v) is 4.87. The number of nitrogens with one attached hydrogen (secondary N) is 1. The maximum absolute atomic E-state index is 13.4. The molecule has 0 aromatic heterocycles. The SMILES string of the molecule is COC(=O)C1=C(C(=O)OC)N(c2ccccc2C(=O)NCCN2CCOCC2)C(N)=C(C#N)C1c1ccccc1. The number of ether oxygens (including phenoxy) is 3. The van der Waals surface area contributed by atoms with Gasteiger partial charge in [-0.05, 0) is 17.7 Å². The van der Waals surface area contributed by atoms with Gasteiger partial charge in [0.05, 0.1) is 61.8 Å². The van der Waals surface area contributed by atoms with Crippen LogP contribution in [0.25, 0.3) is 0 Å². The van der Waals surface area contributed by atoms with Gasteiger partial charge in [0.15, 0.2) is 0 Å². The molecule has 2 aliphatic rings. The molecule has 208 valence electrons. The molecule has 0 bridgehead atoms. The van der Waals surface area contributed by atoms with Gasteiger partial charge in [-0.2, -0.15) is 5.26 Å². The topological polar surface area (TPSA) is 147 Å². The Morgan fingerprint density at radius 3 is 2.33 bits per heavy atom. The number of allylic oxidation sites excluding steroid dienone is 1. The van der Waals surface area contributed by atoms with Crippen molar-refractivity contribution in [2.75, 3.05) is 58.5 Å². The van der Waals surface area contributed by atoms with Crippen LogP contribution < -0.4 is 16.0 Å². The molecule has 1 atom stereocenters. The van der Waals surface area contributed by atoms with Crippen molar-refractivity contribution in [2.24, 2.45) is 5.73 Å². The summed E-state index contributed by atoms with van der Waals surface area (Å²) < 4.78 is 15.5. The number of hydrogen-bond acceptors (Lipinski definition) is 10. The highest BCUT2D eigenvalue weighted by atomic mass is 16.5. The molecule has 3 N–H and O–H groups in total. The van der Waals surface area contributed by atoms with Crippen molar-refractivity contribution < 1.29 is 28.6 Å². The molecule has 11 nitrogen and oxygen atoms in total. The van der Waals surface area contributed by atoms with E-state index in [9.17, 15) is 19.6 Å². The maximum atomic E-state index is 13.4. The number of carbonyl (C=O) groups excluding carboxylic acids is 3. The third kappa shape index (κ3) is 5.68. The number of nitriles is 1. The molecule has 1 amide bonds. The second kappa shape index (κ2) is 12.9. The van der Waals surface area contributed by atoms with Crippen molar-refractivity contribution in [3.8, 4) is 6.07 Å². The van der Waals surface area contributed by atoms with Gasteiger partial charge in [-0.25, -0.2) is 9.59 Å². The molecule has 1 unspecified atom stereocenters. The third-order valence-corrected chi connectivity index (χ3v) is 6.82. The molecule has 0 aliphatic carbocycles. The number of carbonyl (C=O) groups is 3. The largest absolute Gasteiger partial charge is 0.466 e. The molecule has 11 heteroatoms. The van der Waals surface area contributed by atoms with Gasteiger partial charge >= 0.3 is 11.9 Å². The van der Waals surface area contributed by atoms with Gasteiger partial charge in [-0.1, -0.05) is 42.5 Å². The van der Waals surface area contributed by atoms with E-state index in [-0.39, 0.29) is 33.9 Å². The lowest BCUT2D eigenvalue weighted by Gasteiger charge is -2.36. The van der Waals surface area contributed by atoms with Gasteiger partial charge in [0, 0.05) is 26.2 Å². The first-order valence-electron chi connectivity index (χ1n) is 12.8. The molecule has 2 aliphatic heterocycles. The van der Waals surface area contributed by atoms with E-state index < -0.39 is 23.8 Å². The van der Waals surface area contributed by atoms with Gasteiger partial charge in [0.25, 0.3) is 5.91 Å². The summed E-state index contributed by atoms with van der Waals surface area (Å²) in [4.78, 5) is 43.4. The van der Waals surface area contributed by atoms with Crippen molar-refractivity contribution in [3.63, 3.8) is 0 Å². The summed E-state index contributed by atoms with van der Waals surface area (Å²) in [5.41, 5.74) is 7.17. The highest BCUT2D eigenvalue weighted by Gasteiger charge is 2.43. The zero-order valence-electron chi connectivity index (χ0n) is 22.4. The van der Waals surface area contributed by atoms with Gasteiger partial charge in [0.1, 0.15) is 11.5 Å². The molecule has 2 heterocycles. The molecule has 2 aromatic rings. The third-order valence-electron chi connectivity index (χ3n) is 6.82. The number of morpholine rings is 1. The van der Waals surface area contributed by atoms with E-state index in [0.717, 1.165) is 13.1 Å². The van der Waals surface area contributed by atoms with E-state index in [1.807, 2.05) is 0 Å². The molecule has 4 rings (SSSR count). The Labute approximate surface area is 232 Å². The molecule has 0 radical (unpaired) electrons. The summed E-state index contributed by atoms with van der Waals surface area (Å²) in [5, 5.41) is 13.1. The number of nitrogens with two attached hydrogens (primary N) is 1. The van der Waals surface area contributed by atoms with Crippen molar-refractivity contribution in [1.82, 2.24) is 10.2 Å². The number of esters is 2. The quantitative estimate of drug-likeness (QED) is 0.469. The van der Waals surface area contributed by atoms with Crippen LogP contribution in [-0.2, 0) is 23.8 Å². The number of nitrogens with zero attached hydrogens (tertiary/aromatic N) is 3. The van der Waals surface area contributed by atoms with Crippen molar-refractivity contribution in [3.05, 3.63) is 88.4 Å². The van der Waals surface area contributed by atoms with E-state index in [0.29, 0.717) is 31.9 Å². The van der Waals surface area contributed by atoms with E-state index in [1.165, 1.54) is 19.1 Å². The summed E-state index contributed by atoms with van der Waals surface area (Å²) in [5.74, 6) is -3.25. The Balaban J connectivity index is 1.82. The normalized spacial score (nSPS) is 17.7. The van der Waals surface area contributed by atoms with Crippen LogP contribution in [-0.4, -0.2) is 76.4 Å². The van der Waals surface area contributed by atoms with Crippen molar-refractivity contribution in [2.45, 2.75) is 5.92 Å². The highest BCUT2D eigenvalue weighted by Crippen LogP contribution is 2.43. The van der Waals surface area contributed by atoms with E-state index in [2.05, 4.69) is 16.3 Å². The Morgan fingerprint density at radius 2 is 1.68 bits per heavy atom. The lowest BCUT2D eigenvalue weighted by molar-refractivity contribution is -0.139. The van der Waals surface area contributed by atoms with E-state index in [4.69, 9.17) is 19.9 Å². The number of para-hydroxylation sites is 1. The average molecular weight is 546 g/mol. The van der Waals surface area contributed by atoms with Crippen LogP contribution in [0, 0.1) is 11.3 Å². The molecule has 40 heavy (non-hydrogen) atoms. The van der Waals surface area contributed by atoms with Crippen LogP contribution in [0.1, 0.15) is 21.8 Å². The van der Waals surface area contributed by atoms with Crippen LogP contribution in [0.5, 0.6) is 0 Å². The van der Waals surface area contributed by atoms with Crippen LogP contribution in [0.15, 0.2) is 77.3 Å². The number of amides is 1. The second-order valence-corrected chi connectivity index (χ2v) is 9.06. The number of benzene rings is 2.